The standard InChI is InChI=1S/C13H15N5O2S/c1-9-12(21-17-15-9)13(19)18(8-7-11(14)16-20)10-5-3-2-4-6-10/h2-6,20H,7-8H2,1H3,(H2,14,16). The van der Waals surface area contributed by atoms with Crippen molar-refractivity contribution in [3.63, 3.8) is 0 Å². The van der Waals surface area contributed by atoms with Crippen LogP contribution in [0.4, 0.5) is 5.69 Å². The predicted octanol–water partition coefficient (Wildman–Crippen LogP) is 1.63. The Morgan fingerprint density at radius 1 is 1.43 bits per heavy atom. The summed E-state index contributed by atoms with van der Waals surface area (Å²) < 4.78 is 3.79. The summed E-state index contributed by atoms with van der Waals surface area (Å²) in [6.07, 6.45) is 0.266. The maximum absolute atomic E-state index is 12.6. The number of oxime groups is 1. The fraction of sp³-hybridized carbons (Fsp3) is 0.231. The van der Waals surface area contributed by atoms with E-state index in [0.29, 0.717) is 17.1 Å². The fourth-order valence-corrected chi connectivity index (χ4v) is 2.39. The molecule has 0 aliphatic heterocycles. The quantitative estimate of drug-likeness (QED) is 0.378. The van der Waals surface area contributed by atoms with Gasteiger partial charge in [0.2, 0.25) is 0 Å². The van der Waals surface area contributed by atoms with Gasteiger partial charge in [-0.15, -0.1) is 5.10 Å². The molecular weight excluding hydrogens is 290 g/mol. The van der Waals surface area contributed by atoms with Gasteiger partial charge in [0, 0.05) is 18.7 Å². The van der Waals surface area contributed by atoms with E-state index in [2.05, 4.69) is 14.7 Å². The molecule has 8 heteroatoms. The predicted molar refractivity (Wildman–Crippen MR) is 80.8 cm³/mol. The van der Waals surface area contributed by atoms with E-state index in [1.54, 1.807) is 11.8 Å². The van der Waals surface area contributed by atoms with Crippen molar-refractivity contribution in [3.05, 3.63) is 40.9 Å². The molecule has 1 aromatic carbocycles. The van der Waals surface area contributed by atoms with Crippen LogP contribution in [-0.2, 0) is 0 Å². The second-order valence-electron chi connectivity index (χ2n) is 4.32. The number of anilines is 1. The Hall–Kier alpha value is -2.48. The van der Waals surface area contributed by atoms with Crippen LogP contribution < -0.4 is 10.6 Å². The van der Waals surface area contributed by atoms with Crippen molar-refractivity contribution in [2.24, 2.45) is 10.9 Å². The van der Waals surface area contributed by atoms with Gasteiger partial charge in [0.05, 0.1) is 5.69 Å². The lowest BCUT2D eigenvalue weighted by molar-refractivity contribution is 0.0990. The van der Waals surface area contributed by atoms with Crippen LogP contribution in [0.3, 0.4) is 0 Å². The summed E-state index contributed by atoms with van der Waals surface area (Å²) in [5.41, 5.74) is 6.82. The van der Waals surface area contributed by atoms with Crippen LogP contribution >= 0.6 is 11.5 Å². The highest BCUT2D eigenvalue weighted by Crippen LogP contribution is 2.20. The number of aromatic nitrogens is 2. The van der Waals surface area contributed by atoms with E-state index in [0.717, 1.165) is 17.2 Å². The largest absolute Gasteiger partial charge is 0.409 e. The molecule has 2 aromatic rings. The lowest BCUT2D eigenvalue weighted by atomic mass is 10.2. The van der Waals surface area contributed by atoms with E-state index in [1.165, 1.54) is 0 Å². The minimum Gasteiger partial charge on any atom is -0.409 e. The molecule has 110 valence electrons. The first-order valence-corrected chi connectivity index (χ1v) is 7.03. The zero-order valence-electron chi connectivity index (χ0n) is 11.4. The first-order chi connectivity index (χ1) is 10.1. The lowest BCUT2D eigenvalue weighted by Gasteiger charge is -2.22. The molecule has 2 rings (SSSR count). The normalized spacial score (nSPS) is 11.4. The molecule has 0 saturated carbocycles. The second-order valence-corrected chi connectivity index (χ2v) is 5.08. The zero-order valence-corrected chi connectivity index (χ0v) is 12.2. The number of hydrogen-bond donors (Lipinski definition) is 2. The Morgan fingerprint density at radius 2 is 2.14 bits per heavy atom. The van der Waals surface area contributed by atoms with Gasteiger partial charge >= 0.3 is 0 Å². The summed E-state index contributed by atoms with van der Waals surface area (Å²) in [4.78, 5) is 14.7. The van der Waals surface area contributed by atoms with Crippen LogP contribution in [0.1, 0.15) is 21.8 Å². The molecule has 0 unspecified atom stereocenters. The number of nitrogens with two attached hydrogens (primary N) is 1. The monoisotopic (exact) mass is 305 g/mol. The maximum Gasteiger partial charge on any atom is 0.271 e. The molecule has 1 aromatic heterocycles. The Kier molecular flexibility index (Phi) is 4.83. The van der Waals surface area contributed by atoms with Crippen molar-refractivity contribution >= 4 is 29.0 Å². The minimum absolute atomic E-state index is 0.0721. The second kappa shape index (κ2) is 6.80. The van der Waals surface area contributed by atoms with E-state index in [4.69, 9.17) is 10.9 Å². The molecule has 0 fully saturated rings. The highest BCUT2D eigenvalue weighted by molar-refractivity contribution is 7.08. The van der Waals surface area contributed by atoms with E-state index >= 15 is 0 Å². The number of nitrogens with zero attached hydrogens (tertiary/aromatic N) is 4. The van der Waals surface area contributed by atoms with Crippen molar-refractivity contribution in [1.29, 1.82) is 0 Å². The maximum atomic E-state index is 12.6. The Balaban J connectivity index is 2.28. The SMILES string of the molecule is Cc1nnsc1C(=O)N(CCC(N)=NO)c1ccccc1. The number of aryl methyl sites for hydroxylation is 1. The molecule has 0 bridgehead atoms. The highest BCUT2D eigenvalue weighted by atomic mass is 32.1. The molecule has 1 amide bonds. The van der Waals surface area contributed by atoms with Gasteiger partial charge in [-0.2, -0.15) is 0 Å². The number of hydrogen-bond acceptors (Lipinski definition) is 6. The molecule has 21 heavy (non-hydrogen) atoms. The molecular formula is C13H15N5O2S. The molecule has 7 nitrogen and oxygen atoms in total. The number of amides is 1. The van der Waals surface area contributed by atoms with Crippen LogP contribution in [0, 0.1) is 6.92 Å². The van der Waals surface area contributed by atoms with E-state index in [-0.39, 0.29) is 18.2 Å². The highest BCUT2D eigenvalue weighted by Gasteiger charge is 2.22. The van der Waals surface area contributed by atoms with E-state index in [1.807, 2.05) is 30.3 Å². The summed E-state index contributed by atoms with van der Waals surface area (Å²) in [5, 5.41) is 15.4. The third kappa shape index (κ3) is 3.54. The molecule has 1 heterocycles. The summed E-state index contributed by atoms with van der Waals surface area (Å²) in [6.45, 7) is 2.04. The first kappa shape index (κ1) is 14.9. The Morgan fingerprint density at radius 3 is 2.71 bits per heavy atom. The smallest absolute Gasteiger partial charge is 0.271 e. The number of carbonyl (C=O) groups is 1. The van der Waals surface area contributed by atoms with Crippen molar-refractivity contribution < 1.29 is 10.0 Å². The van der Waals surface area contributed by atoms with Gasteiger partial charge in [0.1, 0.15) is 10.7 Å². The third-order valence-corrected chi connectivity index (χ3v) is 3.69. The average molecular weight is 305 g/mol. The average Bonchev–Trinajstić information content (AvgIpc) is 2.94. The van der Waals surface area contributed by atoms with Crippen LogP contribution in [0.5, 0.6) is 0 Å². The van der Waals surface area contributed by atoms with Crippen molar-refractivity contribution in [2.45, 2.75) is 13.3 Å². The Labute approximate surface area is 125 Å². The Bertz CT molecular complexity index is 641. The van der Waals surface area contributed by atoms with Crippen LogP contribution in [0.2, 0.25) is 0 Å². The van der Waals surface area contributed by atoms with Crippen LogP contribution in [0.15, 0.2) is 35.5 Å². The molecule has 0 atom stereocenters. The van der Waals surface area contributed by atoms with Gasteiger partial charge < -0.3 is 15.8 Å². The number of amidine groups is 1. The fourth-order valence-electron chi connectivity index (χ4n) is 1.78. The van der Waals surface area contributed by atoms with Crippen molar-refractivity contribution in [1.82, 2.24) is 9.59 Å². The topological polar surface area (TPSA) is 105 Å². The molecule has 0 saturated heterocycles. The van der Waals surface area contributed by atoms with E-state index in [9.17, 15) is 4.79 Å². The van der Waals surface area contributed by atoms with Gasteiger partial charge in [-0.05, 0) is 30.6 Å². The van der Waals surface area contributed by atoms with Gasteiger partial charge in [0.15, 0.2) is 0 Å². The summed E-state index contributed by atoms with van der Waals surface area (Å²) in [7, 11) is 0. The summed E-state index contributed by atoms with van der Waals surface area (Å²) in [5.74, 6) is -0.123. The molecule has 0 radical (unpaired) electrons. The zero-order chi connectivity index (χ0) is 15.2. The molecule has 0 spiro atoms. The molecule has 3 N–H and O–H groups in total. The first-order valence-electron chi connectivity index (χ1n) is 6.25. The molecule has 0 aliphatic carbocycles. The lowest BCUT2D eigenvalue weighted by Crippen LogP contribution is -2.34. The van der Waals surface area contributed by atoms with Gasteiger partial charge in [-0.3, -0.25) is 4.79 Å². The molecule has 0 aliphatic rings. The van der Waals surface area contributed by atoms with Crippen molar-refractivity contribution in [3.8, 4) is 0 Å². The van der Waals surface area contributed by atoms with Crippen molar-refractivity contribution in [2.75, 3.05) is 11.4 Å². The number of para-hydroxylation sites is 1. The number of benzene rings is 1. The summed E-state index contributed by atoms with van der Waals surface area (Å²) in [6, 6.07) is 9.21. The van der Waals surface area contributed by atoms with Crippen LogP contribution in [-0.4, -0.2) is 33.1 Å². The number of rotatable bonds is 5. The minimum atomic E-state index is -0.195. The third-order valence-electron chi connectivity index (χ3n) is 2.88. The van der Waals surface area contributed by atoms with Gasteiger partial charge in [-0.1, -0.05) is 27.8 Å². The van der Waals surface area contributed by atoms with Crippen LogP contribution in [0.25, 0.3) is 0 Å². The summed E-state index contributed by atoms with van der Waals surface area (Å²) >= 11 is 1.06. The van der Waals surface area contributed by atoms with Gasteiger partial charge in [-0.25, -0.2) is 0 Å². The van der Waals surface area contributed by atoms with Gasteiger partial charge in [0.25, 0.3) is 5.91 Å². The number of carbonyl (C=O) groups excluding carboxylic acids is 1. The van der Waals surface area contributed by atoms with E-state index < -0.39 is 0 Å².